The fourth-order valence-electron chi connectivity index (χ4n) is 9.39. The van der Waals surface area contributed by atoms with E-state index in [-0.39, 0.29) is 53.2 Å². The number of hydrogen-bond donors (Lipinski definition) is 2. The minimum Gasteiger partial charge on any atom is -0.508 e. The zero-order valence-corrected chi connectivity index (χ0v) is 29.4. The zero-order chi connectivity index (χ0) is 35.3. The lowest BCUT2D eigenvalue weighted by Crippen LogP contribution is -2.57. The molecule has 2 aromatic heterocycles. The highest BCUT2D eigenvalue weighted by atomic mass is 19.1. The lowest BCUT2D eigenvalue weighted by molar-refractivity contribution is -0.0701. The molecular weight excluding hydrogens is 656 g/mol. The Morgan fingerprint density at radius 1 is 1.08 bits per heavy atom. The molecule has 0 spiro atoms. The summed E-state index contributed by atoms with van der Waals surface area (Å²) in [5, 5.41) is 22.7. The summed E-state index contributed by atoms with van der Waals surface area (Å²) in [5.74, 6) is -0.807. The number of aliphatic hydroxyl groups excluding tert-OH is 1. The van der Waals surface area contributed by atoms with Crippen LogP contribution in [0.15, 0.2) is 30.5 Å². The first kappa shape index (κ1) is 34.4. The molecule has 10 nitrogen and oxygen atoms in total. The Balaban J connectivity index is 1.21. The fraction of sp³-hybridized carbons (Fsp3) is 0.564. The van der Waals surface area contributed by atoms with Gasteiger partial charge in [0.05, 0.1) is 37.4 Å². The number of likely N-dealkylation sites (tertiary alicyclic amines) is 1. The quantitative estimate of drug-likeness (QED) is 0.232. The topological polar surface area (TPSA) is 113 Å². The van der Waals surface area contributed by atoms with E-state index in [9.17, 15) is 10.2 Å². The molecule has 5 atom stereocenters. The van der Waals surface area contributed by atoms with Crippen molar-refractivity contribution in [2.24, 2.45) is 5.41 Å². The van der Waals surface area contributed by atoms with Crippen LogP contribution in [0.1, 0.15) is 64.4 Å². The van der Waals surface area contributed by atoms with Crippen molar-refractivity contribution in [1.29, 1.82) is 0 Å². The van der Waals surface area contributed by atoms with Crippen LogP contribution in [0, 0.1) is 17.0 Å². The molecular formula is C39H47F2N5O5. The molecule has 12 heteroatoms. The number of pyridine rings is 1. The number of aromatic nitrogens is 3. The Labute approximate surface area is 296 Å². The van der Waals surface area contributed by atoms with E-state index in [2.05, 4.69) is 16.8 Å². The van der Waals surface area contributed by atoms with Crippen molar-refractivity contribution in [3.8, 4) is 23.0 Å². The van der Waals surface area contributed by atoms with Crippen molar-refractivity contribution in [1.82, 2.24) is 19.9 Å². The minimum atomic E-state index is -0.765. The van der Waals surface area contributed by atoms with Gasteiger partial charge in [0.2, 0.25) is 0 Å². The van der Waals surface area contributed by atoms with E-state index < -0.39 is 17.7 Å². The van der Waals surface area contributed by atoms with Crippen molar-refractivity contribution < 1.29 is 33.2 Å². The summed E-state index contributed by atoms with van der Waals surface area (Å²) in [7, 11) is 0. The summed E-state index contributed by atoms with van der Waals surface area (Å²) >= 11 is 0. The van der Waals surface area contributed by atoms with E-state index in [4.69, 9.17) is 24.2 Å². The first-order valence-electron chi connectivity index (χ1n) is 18.6. The number of aliphatic hydroxyl groups is 1. The zero-order valence-electron chi connectivity index (χ0n) is 29.4. The minimum absolute atomic E-state index is 0.00698. The van der Waals surface area contributed by atoms with Gasteiger partial charge in [-0.2, -0.15) is 9.97 Å². The molecule has 8 rings (SSSR count). The smallest absolute Gasteiger partial charge is 0.319 e. The molecule has 5 heterocycles. The number of benzene rings is 2. The van der Waals surface area contributed by atoms with Gasteiger partial charge in [0, 0.05) is 49.0 Å². The number of fused-ring (bicyclic) bond motifs is 3. The monoisotopic (exact) mass is 703 g/mol. The van der Waals surface area contributed by atoms with Gasteiger partial charge in [-0.1, -0.05) is 19.4 Å². The summed E-state index contributed by atoms with van der Waals surface area (Å²) in [5.41, 5.74) is 0.582. The molecule has 2 aromatic carbocycles. The fourth-order valence-corrected chi connectivity index (χ4v) is 9.39. The SMILES string of the molecule is CCc1c(F)ccc2cc(O)cc(-c3ncc4c(N5CCOCC(O)C5)nc(OCC56CCCC5N(C5CCOC(C)C5)CCC6)nc4c3F)c12. The molecule has 5 unspecified atom stereocenters. The number of rotatable bonds is 7. The molecule has 4 aromatic rings. The Morgan fingerprint density at radius 2 is 1.94 bits per heavy atom. The molecule has 3 saturated heterocycles. The van der Waals surface area contributed by atoms with Gasteiger partial charge in [0.15, 0.2) is 5.82 Å². The number of anilines is 1. The van der Waals surface area contributed by atoms with Gasteiger partial charge in [-0.3, -0.25) is 9.88 Å². The predicted octanol–water partition coefficient (Wildman–Crippen LogP) is 6.17. The van der Waals surface area contributed by atoms with E-state index >= 15 is 8.78 Å². The Kier molecular flexibility index (Phi) is 9.45. The van der Waals surface area contributed by atoms with Crippen molar-refractivity contribution in [3.63, 3.8) is 0 Å². The van der Waals surface area contributed by atoms with Crippen molar-refractivity contribution in [3.05, 3.63) is 47.7 Å². The van der Waals surface area contributed by atoms with E-state index in [1.54, 1.807) is 12.1 Å². The molecule has 272 valence electrons. The van der Waals surface area contributed by atoms with Gasteiger partial charge in [0.25, 0.3) is 0 Å². The highest BCUT2D eigenvalue weighted by Crippen LogP contribution is 2.49. The average Bonchev–Trinajstić information content (AvgIpc) is 3.44. The number of ether oxygens (including phenoxy) is 3. The number of aryl methyl sites for hydroxylation is 1. The molecule has 2 N–H and O–H groups in total. The number of piperidine rings is 1. The lowest BCUT2D eigenvalue weighted by Gasteiger charge is -2.50. The normalized spacial score (nSPS) is 27.5. The second-order valence-electron chi connectivity index (χ2n) is 14.9. The molecule has 4 fully saturated rings. The lowest BCUT2D eigenvalue weighted by atomic mass is 9.74. The highest BCUT2D eigenvalue weighted by Gasteiger charge is 2.50. The number of hydrogen-bond acceptors (Lipinski definition) is 10. The number of halogens is 2. The van der Waals surface area contributed by atoms with E-state index in [0.29, 0.717) is 65.8 Å². The van der Waals surface area contributed by atoms with E-state index in [1.807, 2.05) is 11.8 Å². The van der Waals surface area contributed by atoms with Gasteiger partial charge in [-0.25, -0.2) is 8.78 Å². The van der Waals surface area contributed by atoms with Crippen LogP contribution >= 0.6 is 0 Å². The largest absolute Gasteiger partial charge is 0.508 e. The number of nitrogens with zero attached hydrogens (tertiary/aromatic N) is 5. The van der Waals surface area contributed by atoms with Crippen LogP contribution in [0.3, 0.4) is 0 Å². The maximum atomic E-state index is 17.0. The molecule has 1 aliphatic carbocycles. The average molecular weight is 704 g/mol. The number of β-amino-alcohol motifs (C(OH)–C–C–N with tert-alkyl or cyclic N) is 1. The molecule has 1 saturated carbocycles. The highest BCUT2D eigenvalue weighted by molar-refractivity contribution is 6.01. The first-order chi connectivity index (χ1) is 24.7. The summed E-state index contributed by atoms with van der Waals surface area (Å²) in [6, 6.07) is 6.85. The number of phenolic OH excluding ortho intramolecular Hbond substituents is 1. The van der Waals surface area contributed by atoms with Gasteiger partial charge >= 0.3 is 6.01 Å². The molecule has 0 radical (unpaired) electrons. The summed E-state index contributed by atoms with van der Waals surface area (Å²) in [6.45, 7) is 7.49. The van der Waals surface area contributed by atoms with E-state index in [1.165, 1.54) is 18.3 Å². The molecule has 51 heavy (non-hydrogen) atoms. The first-order valence-corrected chi connectivity index (χ1v) is 18.6. The third-order valence-electron chi connectivity index (χ3n) is 11.7. The van der Waals surface area contributed by atoms with Gasteiger partial charge in [-0.05, 0) is 92.9 Å². The maximum Gasteiger partial charge on any atom is 0.319 e. The van der Waals surface area contributed by atoms with Crippen LogP contribution in [0.25, 0.3) is 32.9 Å². The van der Waals surface area contributed by atoms with Crippen molar-refractivity contribution >= 4 is 27.5 Å². The van der Waals surface area contributed by atoms with Gasteiger partial charge < -0.3 is 29.3 Å². The molecule has 0 amide bonds. The van der Waals surface area contributed by atoms with Crippen LogP contribution < -0.4 is 9.64 Å². The van der Waals surface area contributed by atoms with Gasteiger partial charge in [-0.15, -0.1) is 0 Å². The van der Waals surface area contributed by atoms with E-state index in [0.717, 1.165) is 58.1 Å². The van der Waals surface area contributed by atoms with Crippen LogP contribution in [0.4, 0.5) is 14.6 Å². The Morgan fingerprint density at radius 3 is 2.78 bits per heavy atom. The van der Waals surface area contributed by atoms with Crippen LogP contribution in [-0.2, 0) is 15.9 Å². The Bertz CT molecular complexity index is 1930. The number of phenols is 1. The van der Waals surface area contributed by atoms with Crippen molar-refractivity contribution in [2.45, 2.75) is 89.5 Å². The van der Waals surface area contributed by atoms with Crippen LogP contribution in [0.2, 0.25) is 0 Å². The Hall–Kier alpha value is -3.71. The summed E-state index contributed by atoms with van der Waals surface area (Å²) in [4.78, 5) is 18.7. The maximum absolute atomic E-state index is 17.0. The number of aromatic hydroxyl groups is 1. The summed E-state index contributed by atoms with van der Waals surface area (Å²) < 4.78 is 50.2. The molecule has 0 bridgehead atoms. The third kappa shape index (κ3) is 6.38. The van der Waals surface area contributed by atoms with Crippen LogP contribution in [0.5, 0.6) is 11.8 Å². The van der Waals surface area contributed by atoms with Crippen LogP contribution in [-0.4, -0.2) is 100 Å². The van der Waals surface area contributed by atoms with Gasteiger partial charge in [0.1, 0.15) is 28.6 Å². The molecule has 3 aliphatic heterocycles. The predicted molar refractivity (Wildman–Crippen MR) is 190 cm³/mol. The molecule has 4 aliphatic rings. The standard InChI is InChI=1S/C39H47F2N5O5/c1-3-28-31(40)8-7-24-17-26(47)18-29(33(24)28)35-34(41)36-30(19-42-35)37(45-13-15-49-21-27(48)20-45)44-38(43-36)51-22-39-10-4-6-32(39)46(12-5-11-39)25-9-14-50-23(2)16-25/h7-8,17-19,23,25,27,32,47-48H,3-6,9-16,20-22H2,1-2H3. The summed E-state index contributed by atoms with van der Waals surface area (Å²) in [6.07, 6.45) is 8.88. The second kappa shape index (κ2) is 14.0. The third-order valence-corrected chi connectivity index (χ3v) is 11.7. The van der Waals surface area contributed by atoms with Crippen molar-refractivity contribution in [2.75, 3.05) is 51.0 Å². The second-order valence-corrected chi connectivity index (χ2v) is 14.9.